The number of aromatic nitrogens is 1. The maximum Gasteiger partial charge on any atom is 0.252 e. The lowest BCUT2D eigenvalue weighted by molar-refractivity contribution is 0.414. The highest BCUT2D eigenvalue weighted by molar-refractivity contribution is 5.49. The van der Waals surface area contributed by atoms with E-state index < -0.39 is 0 Å². The van der Waals surface area contributed by atoms with Crippen molar-refractivity contribution in [3.05, 3.63) is 165 Å². The van der Waals surface area contributed by atoms with E-state index in [1.54, 1.807) is 14.2 Å². The highest BCUT2D eigenvalue weighted by Crippen LogP contribution is 2.36. The van der Waals surface area contributed by atoms with Crippen LogP contribution in [-0.4, -0.2) is 19.2 Å². The molecule has 0 bridgehead atoms. The standard InChI is InChI=1S/C33H29NO3/c1-36-28-17-9-15-25(19-28)31(23-11-5-3-6-12-23)27-21-30(33(35)34-22-27)32(24-13-7-4-8-14-24)26-16-10-18-29(20-26)37-2/h3-22,31-32H,1-2H3,(H,34,35). The molecule has 5 aromatic rings. The molecule has 0 aliphatic carbocycles. The van der Waals surface area contributed by atoms with Gasteiger partial charge in [-0.05, 0) is 58.1 Å². The van der Waals surface area contributed by atoms with E-state index in [9.17, 15) is 4.79 Å². The van der Waals surface area contributed by atoms with Crippen LogP contribution in [0.5, 0.6) is 11.5 Å². The number of pyridine rings is 1. The molecule has 1 aromatic heterocycles. The molecule has 4 nitrogen and oxygen atoms in total. The zero-order chi connectivity index (χ0) is 25.6. The number of hydrogen-bond acceptors (Lipinski definition) is 3. The normalized spacial score (nSPS) is 12.5. The van der Waals surface area contributed by atoms with Crippen molar-refractivity contribution in [2.45, 2.75) is 11.8 Å². The van der Waals surface area contributed by atoms with Crippen molar-refractivity contribution in [2.75, 3.05) is 14.2 Å². The van der Waals surface area contributed by atoms with Gasteiger partial charge in [0.25, 0.3) is 5.56 Å². The number of aromatic amines is 1. The summed E-state index contributed by atoms with van der Waals surface area (Å²) in [6.07, 6.45) is 1.83. The average molecular weight is 488 g/mol. The molecule has 184 valence electrons. The Morgan fingerprint density at radius 2 is 1.03 bits per heavy atom. The summed E-state index contributed by atoms with van der Waals surface area (Å²) >= 11 is 0. The molecular formula is C33H29NO3. The molecular weight excluding hydrogens is 458 g/mol. The Morgan fingerprint density at radius 3 is 1.57 bits per heavy atom. The van der Waals surface area contributed by atoms with Crippen molar-refractivity contribution < 1.29 is 9.47 Å². The first-order chi connectivity index (χ1) is 18.2. The molecule has 0 spiro atoms. The van der Waals surface area contributed by atoms with Gasteiger partial charge in [0.2, 0.25) is 0 Å². The van der Waals surface area contributed by atoms with Crippen LogP contribution >= 0.6 is 0 Å². The van der Waals surface area contributed by atoms with Crippen molar-refractivity contribution in [3.8, 4) is 11.5 Å². The van der Waals surface area contributed by atoms with Crippen LogP contribution in [0.25, 0.3) is 0 Å². The zero-order valence-corrected chi connectivity index (χ0v) is 20.9. The summed E-state index contributed by atoms with van der Waals surface area (Å²) in [4.78, 5) is 16.5. The van der Waals surface area contributed by atoms with Gasteiger partial charge in [0.15, 0.2) is 0 Å². The molecule has 0 amide bonds. The van der Waals surface area contributed by atoms with Gasteiger partial charge in [0.05, 0.1) is 14.2 Å². The predicted molar refractivity (Wildman–Crippen MR) is 148 cm³/mol. The summed E-state index contributed by atoms with van der Waals surface area (Å²) in [5.74, 6) is 1.20. The fourth-order valence-electron chi connectivity index (χ4n) is 4.96. The molecule has 2 atom stereocenters. The van der Waals surface area contributed by atoms with Gasteiger partial charge in [-0.1, -0.05) is 84.9 Å². The highest BCUT2D eigenvalue weighted by Gasteiger charge is 2.24. The molecule has 4 aromatic carbocycles. The van der Waals surface area contributed by atoms with E-state index in [4.69, 9.17) is 9.47 Å². The second kappa shape index (κ2) is 11.0. The van der Waals surface area contributed by atoms with Crippen LogP contribution in [-0.2, 0) is 0 Å². The fraction of sp³-hybridized carbons (Fsp3) is 0.121. The van der Waals surface area contributed by atoms with E-state index >= 15 is 0 Å². The second-order valence-electron chi connectivity index (χ2n) is 8.96. The van der Waals surface area contributed by atoms with Crippen molar-refractivity contribution in [2.24, 2.45) is 0 Å². The third kappa shape index (κ3) is 5.19. The van der Waals surface area contributed by atoms with Crippen molar-refractivity contribution in [3.63, 3.8) is 0 Å². The first-order valence-corrected chi connectivity index (χ1v) is 12.3. The lowest BCUT2D eigenvalue weighted by atomic mass is 9.81. The molecule has 37 heavy (non-hydrogen) atoms. The Morgan fingerprint density at radius 1 is 0.541 bits per heavy atom. The Labute approximate surface area is 217 Å². The summed E-state index contributed by atoms with van der Waals surface area (Å²) in [5.41, 5.74) is 5.81. The van der Waals surface area contributed by atoms with E-state index in [-0.39, 0.29) is 17.4 Å². The van der Waals surface area contributed by atoms with E-state index in [1.165, 1.54) is 0 Å². The highest BCUT2D eigenvalue weighted by atomic mass is 16.5. The molecule has 1 heterocycles. The molecule has 0 radical (unpaired) electrons. The van der Waals surface area contributed by atoms with Gasteiger partial charge in [-0.3, -0.25) is 4.79 Å². The number of H-pyrrole nitrogens is 1. The minimum Gasteiger partial charge on any atom is -0.497 e. The van der Waals surface area contributed by atoms with Gasteiger partial charge in [0, 0.05) is 23.6 Å². The zero-order valence-electron chi connectivity index (χ0n) is 20.9. The second-order valence-corrected chi connectivity index (χ2v) is 8.96. The molecule has 0 aliphatic heterocycles. The van der Waals surface area contributed by atoms with Crippen LogP contribution in [0.2, 0.25) is 0 Å². The SMILES string of the molecule is COc1cccc(C(c2ccccc2)c2c[nH]c(=O)c(C(c3ccccc3)c3cccc(OC)c3)c2)c1. The maximum absolute atomic E-state index is 13.4. The fourth-order valence-corrected chi connectivity index (χ4v) is 4.96. The van der Waals surface area contributed by atoms with E-state index in [2.05, 4.69) is 41.4 Å². The van der Waals surface area contributed by atoms with Gasteiger partial charge in [-0.25, -0.2) is 0 Å². The molecule has 4 heteroatoms. The molecule has 2 unspecified atom stereocenters. The van der Waals surface area contributed by atoms with Crippen LogP contribution in [0.3, 0.4) is 0 Å². The number of methoxy groups -OCH3 is 2. The third-order valence-corrected chi connectivity index (χ3v) is 6.72. The van der Waals surface area contributed by atoms with Gasteiger partial charge in [0.1, 0.15) is 11.5 Å². The van der Waals surface area contributed by atoms with E-state index in [0.29, 0.717) is 5.56 Å². The Hall–Kier alpha value is -4.57. The topological polar surface area (TPSA) is 51.3 Å². The summed E-state index contributed by atoms with van der Waals surface area (Å²) in [7, 11) is 3.33. The van der Waals surface area contributed by atoms with Crippen molar-refractivity contribution in [1.29, 1.82) is 0 Å². The summed E-state index contributed by atoms with van der Waals surface area (Å²) < 4.78 is 11.0. The van der Waals surface area contributed by atoms with Crippen molar-refractivity contribution in [1.82, 2.24) is 4.98 Å². The first-order valence-electron chi connectivity index (χ1n) is 12.3. The van der Waals surface area contributed by atoms with Crippen LogP contribution < -0.4 is 15.0 Å². The maximum atomic E-state index is 13.4. The minimum absolute atomic E-state index is 0.0892. The molecule has 0 aliphatic rings. The lowest BCUT2D eigenvalue weighted by Crippen LogP contribution is -2.19. The summed E-state index contributed by atoms with van der Waals surface area (Å²) in [5, 5.41) is 0. The number of ether oxygens (including phenoxy) is 2. The lowest BCUT2D eigenvalue weighted by Gasteiger charge is -2.23. The van der Waals surface area contributed by atoms with Gasteiger partial charge >= 0.3 is 0 Å². The average Bonchev–Trinajstić information content (AvgIpc) is 2.96. The smallest absolute Gasteiger partial charge is 0.252 e. The molecule has 0 saturated heterocycles. The Kier molecular flexibility index (Phi) is 7.18. The van der Waals surface area contributed by atoms with Gasteiger partial charge in [-0.2, -0.15) is 0 Å². The Balaban J connectivity index is 1.71. The summed E-state index contributed by atoms with van der Waals surface area (Å²) in [6, 6.07) is 38.5. The molecule has 5 rings (SSSR count). The van der Waals surface area contributed by atoms with Gasteiger partial charge < -0.3 is 14.5 Å². The van der Waals surface area contributed by atoms with Crippen LogP contribution in [0.4, 0.5) is 0 Å². The van der Waals surface area contributed by atoms with Crippen LogP contribution in [0.15, 0.2) is 126 Å². The predicted octanol–water partition coefficient (Wildman–Crippen LogP) is 6.75. The number of rotatable bonds is 8. The molecule has 1 N–H and O–H groups in total. The third-order valence-electron chi connectivity index (χ3n) is 6.72. The van der Waals surface area contributed by atoms with E-state index in [1.807, 2.05) is 85.1 Å². The van der Waals surface area contributed by atoms with E-state index in [0.717, 1.165) is 39.3 Å². The van der Waals surface area contributed by atoms with Crippen molar-refractivity contribution >= 4 is 0 Å². The largest absolute Gasteiger partial charge is 0.497 e. The monoisotopic (exact) mass is 487 g/mol. The number of hydrogen-bond donors (Lipinski definition) is 1. The number of nitrogens with one attached hydrogen (secondary N) is 1. The van der Waals surface area contributed by atoms with Crippen LogP contribution in [0, 0.1) is 0 Å². The van der Waals surface area contributed by atoms with Crippen LogP contribution in [0.1, 0.15) is 45.2 Å². The Bertz CT molecular complexity index is 1530. The molecule has 0 saturated carbocycles. The quantitative estimate of drug-likeness (QED) is 0.263. The summed E-state index contributed by atoms with van der Waals surface area (Å²) in [6.45, 7) is 0. The minimum atomic E-state index is -0.262. The first kappa shape index (κ1) is 24.1. The molecule has 0 fully saturated rings. The number of benzene rings is 4. The van der Waals surface area contributed by atoms with Gasteiger partial charge in [-0.15, -0.1) is 0 Å².